The molecule has 128 valence electrons. The normalized spacial score (nSPS) is 11.2. The fraction of sp³-hybridized carbons (Fsp3) is 0.167. The van der Waals surface area contributed by atoms with Crippen molar-refractivity contribution in [2.24, 2.45) is 5.10 Å². The number of rotatable bonds is 5. The number of benzene rings is 2. The van der Waals surface area contributed by atoms with Crippen molar-refractivity contribution >= 4 is 30.0 Å². The number of aromatic nitrogens is 3. The summed E-state index contributed by atoms with van der Waals surface area (Å²) in [5.41, 5.74) is 3.06. The highest BCUT2D eigenvalue weighted by Crippen LogP contribution is 2.20. The van der Waals surface area contributed by atoms with Crippen molar-refractivity contribution in [2.75, 3.05) is 0 Å². The summed E-state index contributed by atoms with van der Waals surface area (Å²) in [6.07, 6.45) is 1.65. The van der Waals surface area contributed by atoms with Crippen LogP contribution in [-0.2, 0) is 6.61 Å². The smallest absolute Gasteiger partial charge is 0.216 e. The van der Waals surface area contributed by atoms with Crippen LogP contribution in [0.15, 0.2) is 47.6 Å². The number of aryl methyl sites for hydroxylation is 2. The lowest BCUT2D eigenvalue weighted by atomic mass is 10.1. The molecular formula is C18H17ClN4OS. The molecule has 25 heavy (non-hydrogen) atoms. The molecule has 0 atom stereocenters. The minimum absolute atomic E-state index is 0.247. The lowest BCUT2D eigenvalue weighted by molar-refractivity contribution is 0.288. The highest BCUT2D eigenvalue weighted by molar-refractivity contribution is 7.71. The van der Waals surface area contributed by atoms with E-state index in [0.29, 0.717) is 15.6 Å². The third-order valence-corrected chi connectivity index (χ3v) is 4.23. The van der Waals surface area contributed by atoms with Gasteiger partial charge in [-0.15, -0.1) is 0 Å². The number of H-pyrrole nitrogens is 1. The van der Waals surface area contributed by atoms with Crippen molar-refractivity contribution < 1.29 is 4.74 Å². The largest absolute Gasteiger partial charge is 0.485 e. The first kappa shape index (κ1) is 17.4. The first-order chi connectivity index (χ1) is 12.0. The molecule has 0 unspecified atom stereocenters. The van der Waals surface area contributed by atoms with Gasteiger partial charge in [-0.25, -0.2) is 5.10 Å². The van der Waals surface area contributed by atoms with Gasteiger partial charge in [0.1, 0.15) is 12.4 Å². The van der Waals surface area contributed by atoms with Crippen molar-refractivity contribution in [1.82, 2.24) is 14.9 Å². The molecule has 0 saturated carbocycles. The van der Waals surface area contributed by atoms with Crippen LogP contribution in [0.5, 0.6) is 5.75 Å². The van der Waals surface area contributed by atoms with Crippen LogP contribution in [0.1, 0.15) is 22.5 Å². The molecule has 3 rings (SSSR count). The molecule has 0 aliphatic heterocycles. The summed E-state index contributed by atoms with van der Waals surface area (Å²) in [5.74, 6) is 1.38. The Morgan fingerprint density at radius 3 is 2.84 bits per heavy atom. The molecule has 0 aliphatic rings. The van der Waals surface area contributed by atoms with E-state index < -0.39 is 0 Å². The summed E-state index contributed by atoms with van der Waals surface area (Å²) < 4.78 is 7.78. The molecule has 0 spiro atoms. The van der Waals surface area contributed by atoms with Gasteiger partial charge >= 0.3 is 0 Å². The Morgan fingerprint density at radius 2 is 2.08 bits per heavy atom. The standard InChI is InChI=1S/C18H17ClN4OS/c1-12-7-8-16(13(2)9-12)24-11-17-21-22-18(25)23(17)20-10-14-5-3-4-6-15(14)19/h3-10H,11H2,1-2H3,(H,22,25)/b20-10-. The predicted octanol–water partition coefficient (Wildman–Crippen LogP) is 4.67. The van der Waals surface area contributed by atoms with Crippen LogP contribution in [0.25, 0.3) is 0 Å². The number of aromatic amines is 1. The summed E-state index contributed by atoms with van der Waals surface area (Å²) >= 11 is 11.4. The summed E-state index contributed by atoms with van der Waals surface area (Å²) in [7, 11) is 0. The SMILES string of the molecule is Cc1ccc(OCc2n[nH]c(=S)n2/N=C\c2ccccc2Cl)c(C)c1. The second-order valence-corrected chi connectivity index (χ2v) is 6.37. The van der Waals surface area contributed by atoms with E-state index in [2.05, 4.69) is 21.4 Å². The van der Waals surface area contributed by atoms with E-state index in [0.717, 1.165) is 16.9 Å². The van der Waals surface area contributed by atoms with E-state index in [1.807, 2.05) is 50.2 Å². The molecule has 1 heterocycles. The zero-order valence-electron chi connectivity index (χ0n) is 13.9. The molecule has 0 aliphatic carbocycles. The number of nitrogens with one attached hydrogen (secondary N) is 1. The summed E-state index contributed by atoms with van der Waals surface area (Å²) in [6, 6.07) is 13.5. The maximum Gasteiger partial charge on any atom is 0.216 e. The van der Waals surface area contributed by atoms with Crippen LogP contribution in [-0.4, -0.2) is 21.1 Å². The summed E-state index contributed by atoms with van der Waals surface area (Å²) in [5, 5.41) is 11.9. The average Bonchev–Trinajstić information content (AvgIpc) is 2.93. The van der Waals surface area contributed by atoms with Gasteiger partial charge in [0.2, 0.25) is 4.77 Å². The third kappa shape index (κ3) is 4.15. The number of hydrogen-bond acceptors (Lipinski definition) is 4. The number of ether oxygens (including phenoxy) is 1. The monoisotopic (exact) mass is 372 g/mol. The second kappa shape index (κ2) is 7.63. The van der Waals surface area contributed by atoms with Gasteiger partial charge in [-0.1, -0.05) is 47.5 Å². The molecule has 0 saturated heterocycles. The van der Waals surface area contributed by atoms with Gasteiger partial charge in [-0.2, -0.15) is 14.9 Å². The number of hydrogen-bond donors (Lipinski definition) is 1. The molecule has 1 N–H and O–H groups in total. The molecule has 5 nitrogen and oxygen atoms in total. The highest BCUT2D eigenvalue weighted by atomic mass is 35.5. The van der Waals surface area contributed by atoms with Crippen molar-refractivity contribution in [3.8, 4) is 5.75 Å². The van der Waals surface area contributed by atoms with Crippen LogP contribution >= 0.6 is 23.8 Å². The Morgan fingerprint density at radius 1 is 1.28 bits per heavy atom. The average molecular weight is 373 g/mol. The first-order valence-electron chi connectivity index (χ1n) is 7.70. The topological polar surface area (TPSA) is 55.2 Å². The van der Waals surface area contributed by atoms with Gasteiger partial charge in [0, 0.05) is 10.6 Å². The minimum atomic E-state index is 0.247. The maximum absolute atomic E-state index is 6.14. The Kier molecular flexibility index (Phi) is 5.31. The van der Waals surface area contributed by atoms with E-state index >= 15 is 0 Å². The van der Waals surface area contributed by atoms with Gasteiger partial charge in [0.25, 0.3) is 0 Å². The fourth-order valence-corrected chi connectivity index (χ4v) is 2.72. The molecule has 3 aromatic rings. The van der Waals surface area contributed by atoms with Crippen molar-refractivity contribution in [1.29, 1.82) is 0 Å². The fourth-order valence-electron chi connectivity index (χ4n) is 2.34. The van der Waals surface area contributed by atoms with Gasteiger partial charge < -0.3 is 4.74 Å². The summed E-state index contributed by atoms with van der Waals surface area (Å²) in [4.78, 5) is 0. The van der Waals surface area contributed by atoms with Gasteiger partial charge in [-0.05, 0) is 43.8 Å². The molecule has 7 heteroatoms. The molecule has 0 amide bonds. The Labute approximate surface area is 155 Å². The zero-order chi connectivity index (χ0) is 17.8. The number of nitrogens with zero attached hydrogens (tertiary/aromatic N) is 3. The molecule has 0 bridgehead atoms. The van der Waals surface area contributed by atoms with Crippen molar-refractivity contribution in [2.45, 2.75) is 20.5 Å². The van der Waals surface area contributed by atoms with E-state index in [4.69, 9.17) is 28.6 Å². The lowest BCUT2D eigenvalue weighted by Gasteiger charge is -2.09. The number of halogens is 1. The predicted molar refractivity (Wildman–Crippen MR) is 102 cm³/mol. The van der Waals surface area contributed by atoms with Crippen LogP contribution in [0.4, 0.5) is 0 Å². The van der Waals surface area contributed by atoms with Gasteiger partial charge in [-0.3, -0.25) is 0 Å². The Bertz CT molecular complexity index is 977. The van der Waals surface area contributed by atoms with E-state index in [9.17, 15) is 0 Å². The minimum Gasteiger partial charge on any atom is -0.485 e. The van der Waals surface area contributed by atoms with Crippen molar-refractivity contribution in [3.05, 3.63) is 74.8 Å². The molecule has 2 aromatic carbocycles. The molecule has 0 radical (unpaired) electrons. The van der Waals surface area contributed by atoms with Crippen LogP contribution in [0, 0.1) is 18.6 Å². The summed E-state index contributed by atoms with van der Waals surface area (Å²) in [6.45, 7) is 4.30. The molecule has 0 fully saturated rings. The van der Waals surface area contributed by atoms with Crippen LogP contribution in [0.3, 0.4) is 0 Å². The third-order valence-electron chi connectivity index (χ3n) is 3.62. The van der Waals surface area contributed by atoms with Gasteiger partial charge in [0.05, 0.1) is 6.21 Å². The van der Waals surface area contributed by atoms with E-state index in [-0.39, 0.29) is 6.61 Å². The molecular weight excluding hydrogens is 356 g/mol. The van der Waals surface area contributed by atoms with Crippen LogP contribution in [0.2, 0.25) is 5.02 Å². The van der Waals surface area contributed by atoms with E-state index in [1.165, 1.54) is 10.2 Å². The van der Waals surface area contributed by atoms with Gasteiger partial charge in [0.15, 0.2) is 5.82 Å². The lowest BCUT2D eigenvalue weighted by Crippen LogP contribution is -2.05. The Hall–Kier alpha value is -2.44. The van der Waals surface area contributed by atoms with Crippen molar-refractivity contribution in [3.63, 3.8) is 0 Å². The van der Waals surface area contributed by atoms with E-state index in [1.54, 1.807) is 6.21 Å². The molecule has 1 aromatic heterocycles. The quantitative estimate of drug-likeness (QED) is 0.523. The zero-order valence-corrected chi connectivity index (χ0v) is 15.4. The second-order valence-electron chi connectivity index (χ2n) is 5.58. The Balaban J connectivity index is 1.80. The maximum atomic E-state index is 6.14. The van der Waals surface area contributed by atoms with Crippen LogP contribution < -0.4 is 4.74 Å². The first-order valence-corrected chi connectivity index (χ1v) is 8.48. The highest BCUT2D eigenvalue weighted by Gasteiger charge is 2.08.